The maximum absolute atomic E-state index is 14.2. The number of rotatable bonds is 13. The second-order valence-corrected chi connectivity index (χ2v) is 10.9. The lowest BCUT2D eigenvalue weighted by atomic mass is 9.98. The number of phenols is 1. The second-order valence-electron chi connectivity index (χ2n) is 10.9. The lowest BCUT2D eigenvalue weighted by molar-refractivity contribution is -0.142. The fourth-order valence-electron chi connectivity index (χ4n) is 4.31. The van der Waals surface area contributed by atoms with Crippen LogP contribution in [0.4, 0.5) is 4.79 Å². The number of hydrogen-bond acceptors (Lipinski definition) is 5. The summed E-state index contributed by atoms with van der Waals surface area (Å²) in [5.74, 6) is -0.567. The molecule has 8 heteroatoms. The van der Waals surface area contributed by atoms with E-state index in [9.17, 15) is 19.5 Å². The van der Waals surface area contributed by atoms with E-state index in [-0.39, 0.29) is 24.0 Å². The SMILES string of the molecule is CCCCCNC(=O)C(c1ccc(O)c(C)c1)N(CCC)C(=O)C(Cc1ccccc1)NC(=O)OC(C)(C)C. The van der Waals surface area contributed by atoms with Gasteiger partial charge in [-0.15, -0.1) is 0 Å². The summed E-state index contributed by atoms with van der Waals surface area (Å²) in [6, 6.07) is 12.5. The molecule has 0 aromatic heterocycles. The zero-order valence-corrected chi connectivity index (χ0v) is 24.3. The Morgan fingerprint density at radius 2 is 1.69 bits per heavy atom. The number of carbonyl (C=O) groups excluding carboxylic acids is 3. The molecule has 0 fully saturated rings. The van der Waals surface area contributed by atoms with E-state index >= 15 is 0 Å². The molecule has 39 heavy (non-hydrogen) atoms. The first kappa shape index (κ1) is 31.7. The molecule has 0 heterocycles. The van der Waals surface area contributed by atoms with Crippen molar-refractivity contribution >= 4 is 17.9 Å². The molecular weight excluding hydrogens is 494 g/mol. The minimum Gasteiger partial charge on any atom is -0.508 e. The van der Waals surface area contributed by atoms with E-state index in [4.69, 9.17) is 4.74 Å². The van der Waals surface area contributed by atoms with Crippen molar-refractivity contribution < 1.29 is 24.2 Å². The zero-order valence-electron chi connectivity index (χ0n) is 24.3. The van der Waals surface area contributed by atoms with Gasteiger partial charge in [0.2, 0.25) is 11.8 Å². The van der Waals surface area contributed by atoms with Crippen molar-refractivity contribution in [2.75, 3.05) is 13.1 Å². The van der Waals surface area contributed by atoms with E-state index in [1.165, 1.54) is 11.0 Å². The first-order valence-corrected chi connectivity index (χ1v) is 13.9. The molecule has 2 unspecified atom stereocenters. The van der Waals surface area contributed by atoms with E-state index in [1.807, 2.05) is 37.3 Å². The maximum atomic E-state index is 14.2. The maximum Gasteiger partial charge on any atom is 0.408 e. The highest BCUT2D eigenvalue weighted by molar-refractivity contribution is 5.92. The van der Waals surface area contributed by atoms with Gasteiger partial charge in [-0.3, -0.25) is 9.59 Å². The third-order valence-corrected chi connectivity index (χ3v) is 6.20. The first-order chi connectivity index (χ1) is 18.5. The highest BCUT2D eigenvalue weighted by atomic mass is 16.6. The second kappa shape index (κ2) is 15.1. The molecule has 2 aromatic rings. The van der Waals surface area contributed by atoms with Gasteiger partial charge in [0.15, 0.2) is 0 Å². The number of carbonyl (C=O) groups is 3. The van der Waals surface area contributed by atoms with Gasteiger partial charge < -0.3 is 25.4 Å². The summed E-state index contributed by atoms with van der Waals surface area (Å²) in [5.41, 5.74) is 1.32. The molecule has 214 valence electrons. The highest BCUT2D eigenvalue weighted by Crippen LogP contribution is 2.27. The van der Waals surface area contributed by atoms with E-state index in [1.54, 1.807) is 39.8 Å². The van der Waals surface area contributed by atoms with Crippen LogP contribution in [0.15, 0.2) is 48.5 Å². The molecule has 0 spiro atoms. The van der Waals surface area contributed by atoms with Gasteiger partial charge in [-0.05, 0) is 69.4 Å². The Kier molecular flexibility index (Phi) is 12.3. The smallest absolute Gasteiger partial charge is 0.408 e. The fraction of sp³-hybridized carbons (Fsp3) is 0.516. The van der Waals surface area contributed by atoms with Crippen LogP contribution in [0.3, 0.4) is 0 Å². The van der Waals surface area contributed by atoms with Crippen molar-refractivity contribution in [3.8, 4) is 5.75 Å². The van der Waals surface area contributed by atoms with Gasteiger partial charge in [-0.2, -0.15) is 0 Å². The van der Waals surface area contributed by atoms with Crippen molar-refractivity contribution in [1.29, 1.82) is 0 Å². The minimum absolute atomic E-state index is 0.114. The number of alkyl carbamates (subject to hydrolysis) is 1. The van der Waals surface area contributed by atoms with Crippen LogP contribution in [-0.4, -0.2) is 52.6 Å². The summed E-state index contributed by atoms with van der Waals surface area (Å²) in [6.07, 6.45) is 2.98. The van der Waals surface area contributed by atoms with Gasteiger partial charge in [0, 0.05) is 19.5 Å². The van der Waals surface area contributed by atoms with E-state index < -0.39 is 23.8 Å². The summed E-state index contributed by atoms with van der Waals surface area (Å²) in [5, 5.41) is 15.9. The minimum atomic E-state index is -0.956. The molecule has 0 radical (unpaired) electrons. The summed E-state index contributed by atoms with van der Waals surface area (Å²) in [4.78, 5) is 42.2. The van der Waals surface area contributed by atoms with Gasteiger partial charge in [0.1, 0.15) is 23.4 Å². The average Bonchev–Trinajstić information content (AvgIpc) is 2.87. The number of nitrogens with zero attached hydrogens (tertiary/aromatic N) is 1. The lowest BCUT2D eigenvalue weighted by Gasteiger charge is -2.34. The molecule has 0 aliphatic rings. The number of benzene rings is 2. The van der Waals surface area contributed by atoms with Gasteiger partial charge in [-0.25, -0.2) is 4.79 Å². The van der Waals surface area contributed by atoms with Gasteiger partial charge in [0.05, 0.1) is 0 Å². The van der Waals surface area contributed by atoms with Gasteiger partial charge in [0.25, 0.3) is 0 Å². The van der Waals surface area contributed by atoms with Crippen LogP contribution >= 0.6 is 0 Å². The number of aryl methyl sites for hydroxylation is 1. The molecule has 2 atom stereocenters. The number of unbranched alkanes of at least 4 members (excludes halogenated alkanes) is 2. The fourth-order valence-corrected chi connectivity index (χ4v) is 4.31. The van der Waals surface area contributed by atoms with E-state index in [2.05, 4.69) is 17.6 Å². The van der Waals surface area contributed by atoms with Crippen LogP contribution in [-0.2, 0) is 20.7 Å². The Morgan fingerprint density at radius 3 is 2.28 bits per heavy atom. The van der Waals surface area contributed by atoms with Crippen LogP contribution in [0.25, 0.3) is 0 Å². The number of ether oxygens (including phenoxy) is 1. The number of aromatic hydroxyl groups is 1. The predicted octanol–water partition coefficient (Wildman–Crippen LogP) is 5.42. The standard InChI is InChI=1S/C31H45N3O5/c1-7-9-13-18-32-28(36)27(24-16-17-26(35)22(3)20-24)34(19-8-2)29(37)25(21-23-14-11-10-12-15-23)33-30(38)39-31(4,5)6/h10-12,14-17,20,25,27,35H,7-9,13,18-19,21H2,1-6H3,(H,32,36)(H,33,38). The monoisotopic (exact) mass is 539 g/mol. The largest absolute Gasteiger partial charge is 0.508 e. The summed E-state index contributed by atoms with van der Waals surface area (Å²) in [7, 11) is 0. The highest BCUT2D eigenvalue weighted by Gasteiger charge is 2.36. The molecule has 0 saturated heterocycles. The average molecular weight is 540 g/mol. The third-order valence-electron chi connectivity index (χ3n) is 6.20. The zero-order chi connectivity index (χ0) is 29.0. The van der Waals surface area contributed by atoms with Crippen molar-refractivity contribution in [2.45, 2.75) is 91.3 Å². The Labute approximate surface area is 233 Å². The van der Waals surface area contributed by atoms with Crippen LogP contribution < -0.4 is 10.6 Å². The normalized spacial score (nSPS) is 12.8. The summed E-state index contributed by atoms with van der Waals surface area (Å²) < 4.78 is 5.47. The van der Waals surface area contributed by atoms with E-state index in [0.29, 0.717) is 30.6 Å². The van der Waals surface area contributed by atoms with Crippen LogP contribution in [0.2, 0.25) is 0 Å². The summed E-state index contributed by atoms with van der Waals surface area (Å²) in [6.45, 7) is 11.9. The number of phenolic OH excluding ortho intramolecular Hbond substituents is 1. The first-order valence-electron chi connectivity index (χ1n) is 13.9. The number of hydrogen-bond donors (Lipinski definition) is 3. The van der Waals surface area contributed by atoms with Crippen molar-refractivity contribution in [1.82, 2.24) is 15.5 Å². The molecule has 8 nitrogen and oxygen atoms in total. The number of nitrogens with one attached hydrogen (secondary N) is 2. The van der Waals surface area contributed by atoms with Crippen LogP contribution in [0.1, 0.15) is 83.0 Å². The van der Waals surface area contributed by atoms with Gasteiger partial charge in [-0.1, -0.05) is 63.1 Å². The third kappa shape index (κ3) is 10.3. The molecule has 0 bridgehead atoms. The Balaban J connectivity index is 2.49. The van der Waals surface area contributed by atoms with Gasteiger partial charge >= 0.3 is 6.09 Å². The molecule has 0 aliphatic heterocycles. The Hall–Kier alpha value is -3.55. The Morgan fingerprint density at radius 1 is 1.00 bits per heavy atom. The summed E-state index contributed by atoms with van der Waals surface area (Å²) >= 11 is 0. The van der Waals surface area contributed by atoms with E-state index in [0.717, 1.165) is 24.8 Å². The molecule has 3 amide bonds. The van der Waals surface area contributed by atoms with Crippen LogP contribution in [0.5, 0.6) is 5.75 Å². The molecule has 3 N–H and O–H groups in total. The quantitative estimate of drug-likeness (QED) is 0.295. The molecular formula is C31H45N3O5. The molecule has 0 aliphatic carbocycles. The van der Waals surface area contributed by atoms with Crippen molar-refractivity contribution in [3.63, 3.8) is 0 Å². The predicted molar refractivity (Wildman–Crippen MR) is 153 cm³/mol. The number of amides is 3. The van der Waals surface area contributed by atoms with Crippen molar-refractivity contribution in [3.05, 3.63) is 65.2 Å². The topological polar surface area (TPSA) is 108 Å². The molecule has 2 aromatic carbocycles. The van der Waals surface area contributed by atoms with Crippen molar-refractivity contribution in [2.24, 2.45) is 0 Å². The lowest BCUT2D eigenvalue weighted by Crippen LogP contribution is -2.54. The Bertz CT molecular complexity index is 1080. The molecule has 2 rings (SSSR count). The molecule has 0 saturated carbocycles. The van der Waals surface area contributed by atoms with Crippen LogP contribution in [0, 0.1) is 6.92 Å².